The van der Waals surface area contributed by atoms with Crippen LogP contribution < -0.4 is 9.64 Å². The first-order chi connectivity index (χ1) is 13.3. The highest BCUT2D eigenvalue weighted by molar-refractivity contribution is 6.30. The number of piperazine rings is 1. The Bertz CT molecular complexity index is 725. The van der Waals surface area contributed by atoms with E-state index < -0.39 is 0 Å². The molecule has 144 valence electrons. The van der Waals surface area contributed by atoms with E-state index in [1.165, 1.54) is 24.8 Å². The first kappa shape index (κ1) is 18.5. The zero-order valence-corrected chi connectivity index (χ0v) is 16.4. The average Bonchev–Trinajstić information content (AvgIpc) is 2.72. The highest BCUT2D eigenvalue weighted by atomic mass is 35.5. The van der Waals surface area contributed by atoms with Crippen molar-refractivity contribution in [3.63, 3.8) is 0 Å². The monoisotopic (exact) mass is 386 g/mol. The van der Waals surface area contributed by atoms with Crippen LogP contribution in [0.4, 0.5) is 5.82 Å². The number of halogens is 1. The molecule has 0 bridgehead atoms. The highest BCUT2D eigenvalue weighted by Gasteiger charge is 2.24. The van der Waals surface area contributed by atoms with E-state index in [-0.39, 0.29) is 0 Å². The van der Waals surface area contributed by atoms with Gasteiger partial charge in [0.2, 0.25) is 0 Å². The standard InChI is InChI=1S/C21H27ClN4O/c22-18-8-6-17(7-9-18)16-25-12-14-26(15-13-25)20-21(24-11-10-23-20)27-19-4-2-1-3-5-19/h6-11,19H,1-5,12-16H2. The Hall–Kier alpha value is -1.85. The van der Waals surface area contributed by atoms with Crippen molar-refractivity contribution in [2.45, 2.75) is 44.8 Å². The summed E-state index contributed by atoms with van der Waals surface area (Å²) in [6.45, 7) is 4.83. The topological polar surface area (TPSA) is 41.5 Å². The van der Waals surface area contributed by atoms with E-state index in [2.05, 4.69) is 31.9 Å². The third-order valence-corrected chi connectivity index (χ3v) is 5.72. The molecule has 27 heavy (non-hydrogen) atoms. The van der Waals surface area contributed by atoms with Crippen LogP contribution in [-0.2, 0) is 6.54 Å². The largest absolute Gasteiger partial charge is 0.472 e. The van der Waals surface area contributed by atoms with E-state index in [4.69, 9.17) is 16.3 Å². The molecular formula is C21H27ClN4O. The fourth-order valence-electron chi connectivity index (χ4n) is 3.92. The SMILES string of the molecule is Clc1ccc(CN2CCN(c3nccnc3OC3CCCCC3)CC2)cc1. The number of anilines is 1. The number of hydrogen-bond donors (Lipinski definition) is 0. The Labute approximate surface area is 166 Å². The van der Waals surface area contributed by atoms with Crippen LogP contribution in [0.25, 0.3) is 0 Å². The Balaban J connectivity index is 1.35. The second-order valence-electron chi connectivity index (χ2n) is 7.45. The minimum Gasteiger partial charge on any atom is -0.472 e. The van der Waals surface area contributed by atoms with Crippen molar-refractivity contribution in [3.05, 3.63) is 47.2 Å². The number of ether oxygens (including phenoxy) is 1. The van der Waals surface area contributed by atoms with Crippen LogP contribution in [0, 0.1) is 0 Å². The van der Waals surface area contributed by atoms with Gasteiger partial charge in [-0.1, -0.05) is 30.2 Å². The van der Waals surface area contributed by atoms with E-state index in [1.54, 1.807) is 12.4 Å². The Morgan fingerprint density at radius 1 is 0.926 bits per heavy atom. The normalized spacial score (nSPS) is 19.2. The fraction of sp³-hybridized carbons (Fsp3) is 0.524. The van der Waals surface area contributed by atoms with Gasteiger partial charge in [0.15, 0.2) is 5.82 Å². The molecular weight excluding hydrogens is 360 g/mol. The van der Waals surface area contributed by atoms with Gasteiger partial charge in [0.1, 0.15) is 6.10 Å². The van der Waals surface area contributed by atoms with Gasteiger partial charge >= 0.3 is 0 Å². The summed E-state index contributed by atoms with van der Waals surface area (Å²) in [5, 5.41) is 0.789. The smallest absolute Gasteiger partial charge is 0.257 e. The highest BCUT2D eigenvalue weighted by Crippen LogP contribution is 2.28. The lowest BCUT2D eigenvalue weighted by Gasteiger charge is -2.36. The number of nitrogens with zero attached hydrogens (tertiary/aromatic N) is 4. The zero-order chi connectivity index (χ0) is 18.5. The molecule has 4 rings (SSSR count). The van der Waals surface area contributed by atoms with E-state index in [0.29, 0.717) is 12.0 Å². The van der Waals surface area contributed by atoms with E-state index >= 15 is 0 Å². The lowest BCUT2D eigenvalue weighted by Crippen LogP contribution is -2.46. The molecule has 2 fully saturated rings. The lowest BCUT2D eigenvalue weighted by atomic mass is 9.98. The van der Waals surface area contributed by atoms with Crippen molar-refractivity contribution in [3.8, 4) is 5.88 Å². The third kappa shape index (κ3) is 4.90. The Morgan fingerprint density at radius 2 is 1.63 bits per heavy atom. The fourth-order valence-corrected chi connectivity index (χ4v) is 4.05. The quantitative estimate of drug-likeness (QED) is 0.771. The summed E-state index contributed by atoms with van der Waals surface area (Å²) in [6, 6.07) is 8.13. The van der Waals surface area contributed by atoms with Crippen LogP contribution in [0.5, 0.6) is 5.88 Å². The molecule has 2 aliphatic rings. The molecule has 1 aromatic heterocycles. The van der Waals surface area contributed by atoms with Crippen molar-refractivity contribution in [2.24, 2.45) is 0 Å². The Kier molecular flexibility index (Phi) is 6.10. The first-order valence-corrected chi connectivity index (χ1v) is 10.3. The molecule has 0 atom stereocenters. The van der Waals surface area contributed by atoms with Gasteiger partial charge in [0, 0.05) is 50.1 Å². The predicted octanol–water partition coefficient (Wildman–Crippen LogP) is 4.16. The summed E-state index contributed by atoms with van der Waals surface area (Å²) >= 11 is 5.98. The molecule has 5 nitrogen and oxygen atoms in total. The van der Waals surface area contributed by atoms with E-state index in [1.807, 2.05) is 12.1 Å². The number of rotatable bonds is 5. The van der Waals surface area contributed by atoms with Gasteiger partial charge < -0.3 is 9.64 Å². The zero-order valence-electron chi connectivity index (χ0n) is 15.7. The van der Waals surface area contributed by atoms with Crippen LogP contribution in [0.3, 0.4) is 0 Å². The summed E-state index contributed by atoms with van der Waals surface area (Å²) in [5.41, 5.74) is 1.30. The second-order valence-corrected chi connectivity index (χ2v) is 7.89. The third-order valence-electron chi connectivity index (χ3n) is 5.47. The number of aromatic nitrogens is 2. The molecule has 0 N–H and O–H groups in total. The van der Waals surface area contributed by atoms with Crippen LogP contribution >= 0.6 is 11.6 Å². The van der Waals surface area contributed by atoms with Gasteiger partial charge in [-0.15, -0.1) is 0 Å². The molecule has 1 aliphatic heterocycles. The minimum atomic E-state index is 0.292. The average molecular weight is 387 g/mol. The summed E-state index contributed by atoms with van der Waals surface area (Å²) in [6.07, 6.45) is 9.88. The van der Waals surface area contributed by atoms with Gasteiger partial charge in [-0.2, -0.15) is 0 Å². The molecule has 0 unspecified atom stereocenters. The number of benzene rings is 1. The van der Waals surface area contributed by atoms with Crippen LogP contribution in [0.1, 0.15) is 37.7 Å². The summed E-state index contributed by atoms with van der Waals surface area (Å²) < 4.78 is 6.23. The van der Waals surface area contributed by atoms with Crippen LogP contribution in [0.15, 0.2) is 36.7 Å². The van der Waals surface area contributed by atoms with Gasteiger partial charge in [0.25, 0.3) is 5.88 Å². The molecule has 1 saturated carbocycles. The van der Waals surface area contributed by atoms with Crippen molar-refractivity contribution in [2.75, 3.05) is 31.1 Å². The molecule has 1 aromatic carbocycles. The van der Waals surface area contributed by atoms with Gasteiger partial charge in [0.05, 0.1) is 0 Å². The van der Waals surface area contributed by atoms with Crippen molar-refractivity contribution in [1.29, 1.82) is 0 Å². The van der Waals surface area contributed by atoms with Crippen molar-refractivity contribution < 1.29 is 4.74 Å². The molecule has 0 radical (unpaired) electrons. The molecule has 2 aromatic rings. The van der Waals surface area contributed by atoms with Gasteiger partial charge in [-0.05, 0) is 43.4 Å². The molecule has 1 aliphatic carbocycles. The first-order valence-electron chi connectivity index (χ1n) is 9.97. The van der Waals surface area contributed by atoms with Crippen LogP contribution in [0.2, 0.25) is 5.02 Å². The molecule has 6 heteroatoms. The van der Waals surface area contributed by atoms with Crippen molar-refractivity contribution in [1.82, 2.24) is 14.9 Å². The van der Waals surface area contributed by atoms with E-state index in [9.17, 15) is 0 Å². The maximum atomic E-state index is 6.23. The lowest BCUT2D eigenvalue weighted by molar-refractivity contribution is 0.148. The number of hydrogen-bond acceptors (Lipinski definition) is 5. The molecule has 0 amide bonds. The summed E-state index contributed by atoms with van der Waals surface area (Å²) in [5.74, 6) is 1.60. The maximum Gasteiger partial charge on any atom is 0.257 e. The maximum absolute atomic E-state index is 6.23. The Morgan fingerprint density at radius 3 is 2.37 bits per heavy atom. The molecule has 2 heterocycles. The minimum absolute atomic E-state index is 0.292. The second kappa shape index (κ2) is 8.89. The molecule has 0 spiro atoms. The summed E-state index contributed by atoms with van der Waals surface area (Å²) in [4.78, 5) is 13.9. The van der Waals surface area contributed by atoms with E-state index in [0.717, 1.165) is 56.4 Å². The van der Waals surface area contributed by atoms with Crippen molar-refractivity contribution >= 4 is 17.4 Å². The van der Waals surface area contributed by atoms with Gasteiger partial charge in [-0.25, -0.2) is 9.97 Å². The molecule has 1 saturated heterocycles. The van der Waals surface area contributed by atoms with Crippen LogP contribution in [-0.4, -0.2) is 47.2 Å². The predicted molar refractivity (Wildman–Crippen MR) is 108 cm³/mol. The summed E-state index contributed by atoms with van der Waals surface area (Å²) in [7, 11) is 0. The van der Waals surface area contributed by atoms with Gasteiger partial charge in [-0.3, -0.25) is 4.90 Å².